The van der Waals surface area contributed by atoms with E-state index >= 15 is 0 Å². The number of hydrogen-bond acceptors (Lipinski definition) is 6. The van der Waals surface area contributed by atoms with Crippen molar-refractivity contribution in [3.63, 3.8) is 0 Å². The molecule has 1 aliphatic heterocycles. The second-order valence-electron chi connectivity index (χ2n) is 6.64. The summed E-state index contributed by atoms with van der Waals surface area (Å²) in [6.45, 7) is 5.58. The predicted octanol–water partition coefficient (Wildman–Crippen LogP) is 3.67. The summed E-state index contributed by atoms with van der Waals surface area (Å²) in [7, 11) is 0. The molecule has 0 unspecified atom stereocenters. The van der Waals surface area contributed by atoms with Gasteiger partial charge in [-0.1, -0.05) is 30.3 Å². The Morgan fingerprint density at radius 3 is 2.38 bits per heavy atom. The van der Waals surface area contributed by atoms with Crippen LogP contribution in [0.5, 0.6) is 0 Å². The molecule has 0 amide bonds. The molecule has 0 fully saturated rings. The van der Waals surface area contributed by atoms with E-state index in [-0.39, 0.29) is 18.8 Å². The molecule has 2 aromatic rings. The third kappa shape index (κ3) is 5.16. The third-order valence-corrected chi connectivity index (χ3v) is 4.66. The van der Waals surface area contributed by atoms with Crippen LogP contribution < -0.4 is 10.2 Å². The molecule has 0 spiro atoms. The monoisotopic (exact) mass is 394 g/mol. The average molecular weight is 394 g/mol. The quantitative estimate of drug-likeness (QED) is 0.319. The molecule has 29 heavy (non-hydrogen) atoms. The van der Waals surface area contributed by atoms with Gasteiger partial charge in [-0.25, -0.2) is 9.59 Å². The van der Waals surface area contributed by atoms with E-state index in [1.807, 2.05) is 18.2 Å². The summed E-state index contributed by atoms with van der Waals surface area (Å²) in [5.74, 6) is -1.40. The normalized spacial score (nSPS) is 12.1. The number of rotatable bonds is 8. The van der Waals surface area contributed by atoms with Crippen LogP contribution in [0.4, 0.5) is 11.4 Å². The van der Waals surface area contributed by atoms with E-state index in [1.165, 1.54) is 23.0 Å². The maximum atomic E-state index is 12.0. The van der Waals surface area contributed by atoms with Gasteiger partial charge in [0.25, 0.3) is 0 Å². The minimum Gasteiger partial charge on any atom is -0.462 e. The summed E-state index contributed by atoms with van der Waals surface area (Å²) in [5.41, 5.74) is 4.36. The van der Waals surface area contributed by atoms with Crippen LogP contribution in [0.2, 0.25) is 0 Å². The first-order valence-corrected chi connectivity index (χ1v) is 9.85. The second kappa shape index (κ2) is 9.78. The van der Waals surface area contributed by atoms with Crippen molar-refractivity contribution in [2.24, 2.45) is 0 Å². The highest BCUT2D eigenvalue weighted by Gasteiger charge is 2.22. The van der Waals surface area contributed by atoms with E-state index in [2.05, 4.69) is 40.5 Å². The number of fused-ring (bicyclic) bond motifs is 1. The Labute approximate surface area is 171 Å². The molecule has 6 nitrogen and oxygen atoms in total. The number of nitrogens with zero attached hydrogens (tertiary/aromatic N) is 1. The van der Waals surface area contributed by atoms with Crippen LogP contribution in [-0.4, -0.2) is 31.7 Å². The van der Waals surface area contributed by atoms with Gasteiger partial charge >= 0.3 is 11.9 Å². The van der Waals surface area contributed by atoms with Crippen molar-refractivity contribution in [1.82, 2.24) is 0 Å². The summed E-state index contributed by atoms with van der Waals surface area (Å²) in [4.78, 5) is 26.4. The number of benzene rings is 2. The fraction of sp³-hybridized carbons (Fsp3) is 0.304. The summed E-state index contributed by atoms with van der Waals surface area (Å²) >= 11 is 0. The molecular weight excluding hydrogens is 368 g/mol. The fourth-order valence-electron chi connectivity index (χ4n) is 3.30. The molecule has 152 valence electrons. The maximum Gasteiger partial charge on any atom is 0.347 e. The van der Waals surface area contributed by atoms with Gasteiger partial charge in [0.15, 0.2) is 5.57 Å². The van der Waals surface area contributed by atoms with Crippen LogP contribution in [0.25, 0.3) is 0 Å². The van der Waals surface area contributed by atoms with E-state index in [1.54, 1.807) is 13.8 Å². The molecule has 0 radical (unpaired) electrons. The van der Waals surface area contributed by atoms with Crippen LogP contribution in [-0.2, 0) is 32.0 Å². The van der Waals surface area contributed by atoms with Crippen molar-refractivity contribution in [2.75, 3.05) is 30.0 Å². The minimum absolute atomic E-state index is 0.153. The first kappa shape index (κ1) is 20.5. The number of esters is 2. The Kier molecular flexibility index (Phi) is 6.89. The molecule has 0 saturated carbocycles. The van der Waals surface area contributed by atoms with E-state index in [0.717, 1.165) is 25.2 Å². The van der Waals surface area contributed by atoms with Crippen molar-refractivity contribution in [1.29, 1.82) is 0 Å². The minimum atomic E-state index is -0.700. The molecule has 0 aliphatic carbocycles. The highest BCUT2D eigenvalue weighted by atomic mass is 16.6. The van der Waals surface area contributed by atoms with Crippen LogP contribution in [0.3, 0.4) is 0 Å². The van der Waals surface area contributed by atoms with Gasteiger partial charge in [0, 0.05) is 30.7 Å². The van der Waals surface area contributed by atoms with Crippen LogP contribution >= 0.6 is 0 Å². The zero-order chi connectivity index (χ0) is 20.6. The molecule has 2 aromatic carbocycles. The first-order valence-electron chi connectivity index (χ1n) is 9.85. The van der Waals surface area contributed by atoms with Crippen LogP contribution in [0.1, 0.15) is 25.0 Å². The lowest BCUT2D eigenvalue weighted by Gasteiger charge is -2.19. The lowest BCUT2D eigenvalue weighted by Crippen LogP contribution is -2.19. The molecule has 0 bridgehead atoms. The number of carbonyl (C=O) groups excluding carboxylic acids is 2. The topological polar surface area (TPSA) is 67.9 Å². The first-order chi connectivity index (χ1) is 14.1. The molecule has 1 aliphatic rings. The molecule has 0 aromatic heterocycles. The molecule has 0 atom stereocenters. The Hall–Kier alpha value is -3.28. The molecule has 1 N–H and O–H groups in total. The highest BCUT2D eigenvalue weighted by molar-refractivity contribution is 6.14. The van der Waals surface area contributed by atoms with E-state index < -0.39 is 11.9 Å². The van der Waals surface area contributed by atoms with Gasteiger partial charge in [0.05, 0.1) is 13.2 Å². The largest absolute Gasteiger partial charge is 0.462 e. The van der Waals surface area contributed by atoms with Crippen LogP contribution in [0, 0.1) is 0 Å². The van der Waals surface area contributed by atoms with E-state index in [4.69, 9.17) is 9.47 Å². The third-order valence-electron chi connectivity index (χ3n) is 4.66. The summed E-state index contributed by atoms with van der Waals surface area (Å²) in [6.07, 6.45) is 2.30. The smallest absolute Gasteiger partial charge is 0.347 e. The van der Waals surface area contributed by atoms with Crippen LogP contribution in [0.15, 0.2) is 60.3 Å². The van der Waals surface area contributed by atoms with Crippen molar-refractivity contribution in [2.45, 2.75) is 26.8 Å². The lowest BCUT2D eigenvalue weighted by molar-refractivity contribution is -0.146. The number of hydrogen-bond donors (Lipinski definition) is 1. The number of anilines is 2. The van der Waals surface area contributed by atoms with Crippen molar-refractivity contribution in [3.8, 4) is 0 Å². The Morgan fingerprint density at radius 1 is 1.03 bits per heavy atom. The molecule has 3 rings (SSSR count). The second-order valence-corrected chi connectivity index (χ2v) is 6.64. The Balaban J connectivity index is 1.73. The Bertz CT molecular complexity index is 873. The van der Waals surface area contributed by atoms with Gasteiger partial charge in [0.1, 0.15) is 0 Å². The number of nitrogens with one attached hydrogen (secondary N) is 1. The number of ether oxygens (including phenoxy) is 2. The molecule has 0 saturated heterocycles. The molecular formula is C23H26N2O4. The van der Waals surface area contributed by atoms with E-state index in [9.17, 15) is 9.59 Å². The van der Waals surface area contributed by atoms with Gasteiger partial charge in [-0.3, -0.25) is 0 Å². The highest BCUT2D eigenvalue weighted by Crippen LogP contribution is 2.31. The van der Waals surface area contributed by atoms with Gasteiger partial charge in [-0.15, -0.1) is 0 Å². The van der Waals surface area contributed by atoms with Gasteiger partial charge in [-0.2, -0.15) is 0 Å². The SMILES string of the molecule is CCOC(=O)C(=CNc1ccc2c(c1)CCN2Cc1ccccc1)C(=O)OCC. The molecule has 1 heterocycles. The van der Waals surface area contributed by atoms with E-state index in [0.29, 0.717) is 0 Å². The van der Waals surface area contributed by atoms with Gasteiger partial charge in [-0.05, 0) is 49.6 Å². The van der Waals surface area contributed by atoms with Crippen molar-refractivity contribution >= 4 is 23.3 Å². The predicted molar refractivity (Wildman–Crippen MR) is 113 cm³/mol. The van der Waals surface area contributed by atoms with Crippen molar-refractivity contribution < 1.29 is 19.1 Å². The summed E-state index contributed by atoms with van der Waals surface area (Å²) in [6, 6.07) is 16.4. The zero-order valence-corrected chi connectivity index (χ0v) is 16.8. The maximum absolute atomic E-state index is 12.0. The summed E-state index contributed by atoms with van der Waals surface area (Å²) in [5, 5.41) is 3.04. The fourth-order valence-corrected chi connectivity index (χ4v) is 3.30. The average Bonchev–Trinajstić information content (AvgIpc) is 3.11. The van der Waals surface area contributed by atoms with Crippen molar-refractivity contribution in [3.05, 3.63) is 71.4 Å². The molecule has 6 heteroatoms. The van der Waals surface area contributed by atoms with Gasteiger partial charge in [0.2, 0.25) is 0 Å². The summed E-state index contributed by atoms with van der Waals surface area (Å²) < 4.78 is 9.90. The number of carbonyl (C=O) groups is 2. The van der Waals surface area contributed by atoms with Gasteiger partial charge < -0.3 is 19.7 Å². The standard InChI is InChI=1S/C23H26N2O4/c1-3-28-22(26)20(23(27)29-4-2)15-24-19-10-11-21-18(14-19)12-13-25(21)16-17-8-6-5-7-9-17/h5-11,14-15,24H,3-4,12-13,16H2,1-2H3. The zero-order valence-electron chi connectivity index (χ0n) is 16.8. The Morgan fingerprint density at radius 2 is 1.72 bits per heavy atom. The lowest BCUT2D eigenvalue weighted by atomic mass is 10.1.